The van der Waals surface area contributed by atoms with Crippen molar-refractivity contribution in [1.29, 1.82) is 0 Å². The summed E-state index contributed by atoms with van der Waals surface area (Å²) in [7, 11) is 3.21. The van der Waals surface area contributed by atoms with Gasteiger partial charge in [-0.15, -0.1) is 10.2 Å². The smallest absolute Gasteiger partial charge is 0.258 e. The molecule has 0 amide bonds. The Hall–Kier alpha value is -3.14. The fraction of sp³-hybridized carbons (Fsp3) is 0.429. The van der Waals surface area contributed by atoms with Crippen LogP contribution in [0.1, 0.15) is 19.3 Å². The highest BCUT2D eigenvalue weighted by atomic mass is 19.1. The van der Waals surface area contributed by atoms with Gasteiger partial charge in [0.15, 0.2) is 11.6 Å². The quantitative estimate of drug-likeness (QED) is 0.658. The molecule has 2 bridgehead atoms. The number of hydrogen-bond acceptors (Lipinski definition) is 7. The van der Waals surface area contributed by atoms with Crippen molar-refractivity contribution < 1.29 is 13.9 Å². The molecule has 162 valence electrons. The molecule has 2 aliphatic heterocycles. The van der Waals surface area contributed by atoms with Gasteiger partial charge >= 0.3 is 0 Å². The summed E-state index contributed by atoms with van der Waals surface area (Å²) < 4.78 is 30.4. The SMILES string of the molecule is CN(c1cnc(-c2cc3c(F)cn(C)c(=O)c3cc2O)nn1)[C@H]1C[C@@H]2CCC(N2)[C@H]1F. The molecule has 2 saturated heterocycles. The lowest BCUT2D eigenvalue weighted by atomic mass is 9.96. The summed E-state index contributed by atoms with van der Waals surface area (Å²) in [5.41, 5.74) is -0.268. The molecule has 2 aromatic heterocycles. The van der Waals surface area contributed by atoms with Gasteiger partial charge in [0.2, 0.25) is 0 Å². The molecule has 1 aromatic carbocycles. The highest BCUT2D eigenvalue weighted by Gasteiger charge is 2.43. The molecule has 2 aliphatic rings. The fourth-order valence-electron chi connectivity index (χ4n) is 4.70. The third-order valence-corrected chi connectivity index (χ3v) is 6.45. The number of hydrogen-bond donors (Lipinski definition) is 2. The maximum absolute atomic E-state index is 14.9. The maximum Gasteiger partial charge on any atom is 0.258 e. The Morgan fingerprint density at radius 3 is 2.81 bits per heavy atom. The van der Waals surface area contributed by atoms with E-state index in [9.17, 15) is 18.7 Å². The van der Waals surface area contributed by atoms with E-state index in [1.165, 1.54) is 25.4 Å². The van der Waals surface area contributed by atoms with Crippen LogP contribution in [0, 0.1) is 5.82 Å². The molecule has 2 N–H and O–H groups in total. The maximum atomic E-state index is 14.9. The van der Waals surface area contributed by atoms with Crippen LogP contribution in [-0.4, -0.2) is 56.2 Å². The highest BCUT2D eigenvalue weighted by molar-refractivity contribution is 5.89. The van der Waals surface area contributed by atoms with Crippen LogP contribution >= 0.6 is 0 Å². The number of benzene rings is 1. The number of aromatic hydroxyl groups is 1. The third-order valence-electron chi connectivity index (χ3n) is 6.45. The zero-order chi connectivity index (χ0) is 21.9. The Morgan fingerprint density at radius 2 is 2.06 bits per heavy atom. The van der Waals surface area contributed by atoms with Crippen LogP contribution in [0.2, 0.25) is 0 Å². The van der Waals surface area contributed by atoms with Gasteiger partial charge in [0.25, 0.3) is 5.56 Å². The van der Waals surface area contributed by atoms with Crippen molar-refractivity contribution in [2.24, 2.45) is 7.05 Å². The van der Waals surface area contributed by atoms with Gasteiger partial charge in [-0.1, -0.05) is 0 Å². The van der Waals surface area contributed by atoms with E-state index in [4.69, 9.17) is 0 Å². The molecule has 4 atom stereocenters. The van der Waals surface area contributed by atoms with Crippen molar-refractivity contribution in [3.63, 3.8) is 0 Å². The average molecular weight is 428 g/mol. The number of aryl methyl sites for hydroxylation is 1. The second-order valence-corrected chi connectivity index (χ2v) is 8.35. The summed E-state index contributed by atoms with van der Waals surface area (Å²) >= 11 is 0. The molecule has 0 radical (unpaired) electrons. The molecular formula is C21H22F2N6O2. The monoisotopic (exact) mass is 428 g/mol. The standard InChI is InChI=1S/C21H22F2N6O2/c1-28-9-14(22)11-6-13(17(30)7-12(11)21(28)31)20-24-8-18(26-27-20)29(2)16-5-10-3-4-15(25-10)19(16)23/h6-10,15-16,19,25,30H,3-5H2,1-2H3/t10-,15?,16-,19+/m0/s1. The normalized spacial score (nSPS) is 25.2. The van der Waals surface area contributed by atoms with Crippen LogP contribution in [0.5, 0.6) is 5.75 Å². The van der Waals surface area contributed by atoms with E-state index < -0.39 is 17.5 Å². The summed E-state index contributed by atoms with van der Waals surface area (Å²) in [4.78, 5) is 18.2. The molecule has 8 nitrogen and oxygen atoms in total. The summed E-state index contributed by atoms with van der Waals surface area (Å²) in [6.45, 7) is 0. The fourth-order valence-corrected chi connectivity index (χ4v) is 4.70. The number of halogens is 2. The number of pyridine rings is 1. The lowest BCUT2D eigenvalue weighted by molar-refractivity contribution is 0.176. The van der Waals surface area contributed by atoms with Crippen molar-refractivity contribution in [1.82, 2.24) is 25.1 Å². The van der Waals surface area contributed by atoms with Crippen LogP contribution in [0.4, 0.5) is 14.6 Å². The predicted molar refractivity (Wildman–Crippen MR) is 111 cm³/mol. The third kappa shape index (κ3) is 3.21. The van der Waals surface area contributed by atoms with E-state index in [2.05, 4.69) is 20.5 Å². The van der Waals surface area contributed by atoms with Gasteiger partial charge in [-0.2, -0.15) is 0 Å². The van der Waals surface area contributed by atoms with E-state index in [0.29, 0.717) is 18.3 Å². The van der Waals surface area contributed by atoms with Crippen LogP contribution < -0.4 is 15.8 Å². The van der Waals surface area contributed by atoms with Crippen molar-refractivity contribution in [2.45, 2.75) is 43.6 Å². The van der Waals surface area contributed by atoms with Crippen LogP contribution in [0.25, 0.3) is 22.2 Å². The van der Waals surface area contributed by atoms with Crippen molar-refractivity contribution in [2.75, 3.05) is 11.9 Å². The van der Waals surface area contributed by atoms with Crippen LogP contribution in [0.3, 0.4) is 0 Å². The van der Waals surface area contributed by atoms with E-state index in [1.54, 1.807) is 11.9 Å². The Labute approximate surface area is 176 Å². The van der Waals surface area contributed by atoms with Gasteiger partial charge in [0, 0.05) is 37.8 Å². The Balaban J connectivity index is 1.47. The first-order valence-electron chi connectivity index (χ1n) is 10.2. The number of rotatable bonds is 3. The van der Waals surface area contributed by atoms with E-state index in [1.807, 2.05) is 0 Å². The van der Waals surface area contributed by atoms with Gasteiger partial charge < -0.3 is 19.9 Å². The van der Waals surface area contributed by atoms with E-state index in [0.717, 1.165) is 23.6 Å². The second kappa shape index (κ2) is 7.23. The minimum atomic E-state index is -1.01. The van der Waals surface area contributed by atoms with Crippen molar-refractivity contribution >= 4 is 16.6 Å². The molecule has 0 aliphatic carbocycles. The minimum absolute atomic E-state index is 0.0580. The van der Waals surface area contributed by atoms with E-state index in [-0.39, 0.29) is 40.0 Å². The number of piperidine rings is 1. The number of phenols is 1. The van der Waals surface area contributed by atoms with Crippen molar-refractivity contribution in [3.05, 3.63) is 40.7 Å². The first-order chi connectivity index (χ1) is 14.8. The first-order valence-corrected chi connectivity index (χ1v) is 10.2. The lowest BCUT2D eigenvalue weighted by Gasteiger charge is -2.38. The largest absolute Gasteiger partial charge is 0.507 e. The molecule has 5 rings (SSSR count). The molecule has 0 spiro atoms. The molecule has 0 saturated carbocycles. The topological polar surface area (TPSA) is 96.2 Å². The number of phenolic OH excluding ortho intramolecular Hbond substituents is 1. The summed E-state index contributed by atoms with van der Waals surface area (Å²) in [6, 6.07) is 2.40. The minimum Gasteiger partial charge on any atom is -0.507 e. The zero-order valence-electron chi connectivity index (χ0n) is 17.1. The number of nitrogens with zero attached hydrogens (tertiary/aromatic N) is 5. The van der Waals surface area contributed by atoms with Crippen molar-refractivity contribution in [3.8, 4) is 17.1 Å². The molecular weight excluding hydrogens is 406 g/mol. The van der Waals surface area contributed by atoms with Crippen LogP contribution in [-0.2, 0) is 7.05 Å². The lowest BCUT2D eigenvalue weighted by Crippen LogP contribution is -2.55. The second-order valence-electron chi connectivity index (χ2n) is 8.35. The Bertz CT molecular complexity index is 1220. The summed E-state index contributed by atoms with van der Waals surface area (Å²) in [5, 5.41) is 22.1. The molecule has 2 fully saturated rings. The molecule has 31 heavy (non-hydrogen) atoms. The predicted octanol–water partition coefficient (Wildman–Crippen LogP) is 1.90. The zero-order valence-corrected chi connectivity index (χ0v) is 17.1. The average Bonchev–Trinajstić information content (AvgIpc) is 3.17. The molecule has 1 unspecified atom stereocenters. The Kier molecular flexibility index (Phi) is 4.62. The van der Waals surface area contributed by atoms with Gasteiger partial charge in [0.05, 0.1) is 23.2 Å². The van der Waals surface area contributed by atoms with Gasteiger partial charge in [0.1, 0.15) is 17.7 Å². The summed E-state index contributed by atoms with van der Waals surface area (Å²) in [5.74, 6) is -0.356. The number of alkyl halides is 1. The summed E-state index contributed by atoms with van der Waals surface area (Å²) in [6.07, 6.45) is 4.02. The highest BCUT2D eigenvalue weighted by Crippen LogP contribution is 2.34. The number of nitrogens with one attached hydrogen (secondary N) is 1. The van der Waals surface area contributed by atoms with Gasteiger partial charge in [-0.3, -0.25) is 4.79 Å². The molecule has 3 aromatic rings. The van der Waals surface area contributed by atoms with Gasteiger partial charge in [-0.05, 0) is 31.4 Å². The molecule has 4 heterocycles. The molecule has 10 heteroatoms. The van der Waals surface area contributed by atoms with E-state index >= 15 is 0 Å². The number of fused-ring (bicyclic) bond motifs is 3. The Morgan fingerprint density at radius 1 is 1.26 bits per heavy atom. The number of anilines is 1. The van der Waals surface area contributed by atoms with Gasteiger partial charge in [-0.25, -0.2) is 13.8 Å². The van der Waals surface area contributed by atoms with Crippen LogP contribution in [0.15, 0.2) is 29.3 Å². The first kappa shape index (κ1) is 19.8. The number of aromatic nitrogens is 4.